The molecular weight excluding hydrogens is 304 g/mol. The Bertz CT molecular complexity index is 949. The second-order valence-electron chi connectivity index (χ2n) is 4.85. The van der Waals surface area contributed by atoms with Gasteiger partial charge in [-0.3, -0.25) is 4.79 Å². The molecule has 0 aliphatic heterocycles. The van der Waals surface area contributed by atoms with Crippen LogP contribution in [0.25, 0.3) is 11.0 Å². The van der Waals surface area contributed by atoms with E-state index in [4.69, 9.17) is 11.6 Å². The van der Waals surface area contributed by atoms with Crippen molar-refractivity contribution in [1.29, 1.82) is 0 Å². The number of hydrogen-bond donors (Lipinski definition) is 0. The second-order valence-corrected chi connectivity index (χ2v) is 5.29. The Labute approximate surface area is 130 Å². The molecule has 0 radical (unpaired) electrons. The number of ketones is 1. The number of hydrogen-bond acceptors (Lipinski definition) is 3. The van der Waals surface area contributed by atoms with Crippen LogP contribution in [0.4, 0.5) is 0 Å². The van der Waals surface area contributed by atoms with Crippen LogP contribution in [0.2, 0.25) is 5.02 Å². The number of rotatable bonds is 2. The van der Waals surface area contributed by atoms with Gasteiger partial charge in [0.1, 0.15) is 5.52 Å². The summed E-state index contributed by atoms with van der Waals surface area (Å²) in [6.07, 6.45) is 0. The molecule has 3 aromatic rings. The average Bonchev–Trinajstić information content (AvgIpc) is 2.53. The van der Waals surface area contributed by atoms with Crippen molar-refractivity contribution in [1.82, 2.24) is 4.73 Å². The molecule has 22 heavy (non-hydrogen) atoms. The van der Waals surface area contributed by atoms with Gasteiger partial charge in [-0.2, -0.15) is 0 Å². The maximum atomic E-state index is 12.6. The normalized spacial score (nSPS) is 10.8. The summed E-state index contributed by atoms with van der Waals surface area (Å²) < 4.78 is 1.05. The molecule has 0 atom stereocenters. The van der Waals surface area contributed by atoms with Gasteiger partial charge in [-0.25, -0.2) is 0 Å². The molecule has 1 aromatic heterocycles. The van der Waals surface area contributed by atoms with Gasteiger partial charge in [0, 0.05) is 21.6 Å². The molecule has 0 aliphatic carbocycles. The van der Waals surface area contributed by atoms with Gasteiger partial charge < -0.3 is 9.94 Å². The van der Waals surface area contributed by atoms with Gasteiger partial charge in [-0.1, -0.05) is 41.9 Å². The predicted octanol–water partition coefficient (Wildman–Crippen LogP) is 3.09. The highest BCUT2D eigenvalue weighted by Crippen LogP contribution is 2.20. The SMILES string of the molecule is Cc1c(C(=O)c2ccccc2)[n+](=O)c2ccc(Cl)cc2n1[O-]. The molecule has 3 rings (SSSR count). The summed E-state index contributed by atoms with van der Waals surface area (Å²) in [5.41, 5.74) is 0.437. The highest BCUT2D eigenvalue weighted by molar-refractivity contribution is 6.31. The van der Waals surface area contributed by atoms with Crippen molar-refractivity contribution < 1.29 is 9.22 Å². The van der Waals surface area contributed by atoms with Crippen LogP contribution in [0.1, 0.15) is 21.7 Å². The zero-order valence-electron chi connectivity index (χ0n) is 11.6. The summed E-state index contributed by atoms with van der Waals surface area (Å²) >= 11 is 5.86. The van der Waals surface area contributed by atoms with Crippen LogP contribution in [0.5, 0.6) is 0 Å². The van der Waals surface area contributed by atoms with Crippen molar-refractivity contribution in [3.05, 3.63) is 80.6 Å². The first-order valence-electron chi connectivity index (χ1n) is 6.55. The van der Waals surface area contributed by atoms with E-state index >= 15 is 0 Å². The first kappa shape index (κ1) is 14.3. The Kier molecular flexibility index (Phi) is 3.42. The number of fused-ring (bicyclic) bond motifs is 1. The molecule has 0 saturated heterocycles. The molecule has 6 heteroatoms. The van der Waals surface area contributed by atoms with Crippen molar-refractivity contribution in [2.45, 2.75) is 6.92 Å². The lowest BCUT2D eigenvalue weighted by molar-refractivity contribution is -0.468. The fraction of sp³-hybridized carbons (Fsp3) is 0.0625. The van der Waals surface area contributed by atoms with Gasteiger partial charge in [0.05, 0.1) is 10.1 Å². The molecule has 0 spiro atoms. The van der Waals surface area contributed by atoms with Crippen molar-refractivity contribution in [2.75, 3.05) is 0 Å². The van der Waals surface area contributed by atoms with E-state index in [2.05, 4.69) is 0 Å². The van der Waals surface area contributed by atoms with Crippen molar-refractivity contribution >= 4 is 28.4 Å². The van der Waals surface area contributed by atoms with Crippen molar-refractivity contribution in [3.63, 3.8) is 0 Å². The second kappa shape index (κ2) is 5.27. The molecule has 0 N–H and O–H groups in total. The summed E-state index contributed by atoms with van der Waals surface area (Å²) in [6, 6.07) is 12.7. The van der Waals surface area contributed by atoms with Gasteiger partial charge >= 0.3 is 5.69 Å². The lowest BCUT2D eigenvalue weighted by atomic mass is 10.1. The Morgan fingerprint density at radius 1 is 1.18 bits per heavy atom. The van der Waals surface area contributed by atoms with Crippen LogP contribution in [0, 0.1) is 17.0 Å². The first-order valence-corrected chi connectivity index (χ1v) is 6.93. The van der Waals surface area contributed by atoms with E-state index in [-0.39, 0.29) is 22.4 Å². The zero-order chi connectivity index (χ0) is 15.9. The molecule has 1 heterocycles. The largest absolute Gasteiger partial charge is 0.805 e. The minimum Gasteiger partial charge on any atom is -0.805 e. The number of carbonyl (C=O) groups is 1. The highest BCUT2D eigenvalue weighted by Gasteiger charge is 2.27. The Balaban J connectivity index is 2.34. The van der Waals surface area contributed by atoms with Gasteiger partial charge in [0.15, 0.2) is 0 Å². The van der Waals surface area contributed by atoms with Crippen LogP contribution in [0.15, 0.2) is 48.5 Å². The minimum absolute atomic E-state index is 0.0404. The third-order valence-corrected chi connectivity index (χ3v) is 3.71. The number of carbonyl (C=O) groups excluding carboxylic acids is 1. The summed E-state index contributed by atoms with van der Waals surface area (Å²) in [6.45, 7) is 1.44. The number of halogens is 1. The fourth-order valence-corrected chi connectivity index (χ4v) is 2.52. The molecule has 5 nitrogen and oxygen atoms in total. The van der Waals surface area contributed by atoms with Gasteiger partial charge in [-0.15, -0.1) is 0 Å². The average molecular weight is 315 g/mol. The van der Waals surface area contributed by atoms with E-state index in [1.54, 1.807) is 30.3 Å². The van der Waals surface area contributed by atoms with Crippen molar-refractivity contribution in [3.8, 4) is 0 Å². The number of nitrogens with zero attached hydrogens (tertiary/aromatic N) is 2. The summed E-state index contributed by atoms with van der Waals surface area (Å²) in [5, 5.41) is 12.7. The van der Waals surface area contributed by atoms with Gasteiger partial charge in [0.2, 0.25) is 0 Å². The molecule has 0 amide bonds. The first-order chi connectivity index (χ1) is 10.5. The maximum absolute atomic E-state index is 12.6. The predicted molar refractivity (Wildman–Crippen MR) is 83.7 cm³/mol. The Hall–Kier alpha value is -2.66. The molecule has 2 aromatic carbocycles. The quantitative estimate of drug-likeness (QED) is 0.539. The molecule has 0 fully saturated rings. The Morgan fingerprint density at radius 3 is 2.55 bits per heavy atom. The minimum atomic E-state index is -0.491. The topological polar surface area (TPSA) is 68.0 Å². The summed E-state index contributed by atoms with van der Waals surface area (Å²) in [5.74, 6) is -0.491. The van der Waals surface area contributed by atoms with Crippen LogP contribution in [-0.2, 0) is 0 Å². The molecule has 0 saturated carbocycles. The van der Waals surface area contributed by atoms with E-state index < -0.39 is 5.78 Å². The number of aromatic nitrogens is 2. The third kappa shape index (κ3) is 2.16. The molecular formula is C16H11ClN2O3. The smallest absolute Gasteiger partial charge is 0.329 e. The Morgan fingerprint density at radius 2 is 1.86 bits per heavy atom. The fourth-order valence-electron chi connectivity index (χ4n) is 2.36. The van der Waals surface area contributed by atoms with E-state index in [9.17, 15) is 14.9 Å². The summed E-state index contributed by atoms with van der Waals surface area (Å²) in [4.78, 5) is 25.1. The lowest BCUT2D eigenvalue weighted by Crippen LogP contribution is -2.30. The molecule has 0 aliphatic rings. The van der Waals surface area contributed by atoms with Crippen LogP contribution in [0.3, 0.4) is 0 Å². The van der Waals surface area contributed by atoms with Gasteiger partial charge in [-0.05, 0) is 19.1 Å². The maximum Gasteiger partial charge on any atom is 0.329 e. The number of benzene rings is 2. The zero-order valence-corrected chi connectivity index (χ0v) is 12.4. The van der Waals surface area contributed by atoms with E-state index in [0.717, 1.165) is 0 Å². The summed E-state index contributed by atoms with van der Waals surface area (Å²) in [7, 11) is 0. The molecule has 0 unspecified atom stereocenters. The standard InChI is InChI=1S/C16H11ClN2O3/c1-10-15(16(20)11-5-3-2-4-6-11)19(22)13-8-7-12(17)9-14(13)18(10)21/h2-9H,1H3. The van der Waals surface area contributed by atoms with Crippen LogP contribution in [-0.4, -0.2) is 10.5 Å². The van der Waals surface area contributed by atoms with E-state index in [1.165, 1.54) is 25.1 Å². The van der Waals surface area contributed by atoms with E-state index in [0.29, 0.717) is 19.7 Å². The monoisotopic (exact) mass is 314 g/mol. The molecule has 0 bridgehead atoms. The van der Waals surface area contributed by atoms with Crippen LogP contribution < -0.4 is 4.43 Å². The third-order valence-electron chi connectivity index (χ3n) is 3.48. The van der Waals surface area contributed by atoms with Crippen molar-refractivity contribution in [2.24, 2.45) is 0 Å². The van der Waals surface area contributed by atoms with E-state index in [1.807, 2.05) is 0 Å². The molecule has 110 valence electrons. The highest BCUT2D eigenvalue weighted by atomic mass is 35.5. The van der Waals surface area contributed by atoms with Crippen LogP contribution >= 0.6 is 11.6 Å². The van der Waals surface area contributed by atoms with Gasteiger partial charge in [0.25, 0.3) is 11.3 Å². The lowest BCUT2D eigenvalue weighted by Gasteiger charge is -2.16.